The molecule has 1 saturated heterocycles. The Morgan fingerprint density at radius 1 is 0.889 bits per heavy atom. The molecule has 1 amide bonds. The molecule has 0 unspecified atom stereocenters. The third kappa shape index (κ3) is 6.11. The quantitative estimate of drug-likeness (QED) is 0.480. The third-order valence-electron chi connectivity index (χ3n) is 5.71. The minimum absolute atomic E-state index is 0.129. The molecule has 1 fully saturated rings. The largest absolute Gasteiger partial charge is 0.379 e. The molecule has 1 aliphatic heterocycles. The van der Waals surface area contributed by atoms with Crippen LogP contribution in [0, 0.1) is 0 Å². The number of para-hydroxylation sites is 1. The Labute approximate surface area is 211 Å². The van der Waals surface area contributed by atoms with Crippen LogP contribution in [0.15, 0.2) is 83.8 Å². The number of carbonyl (C=O) groups is 1. The molecule has 0 aliphatic carbocycles. The van der Waals surface area contributed by atoms with E-state index in [1.807, 2.05) is 6.07 Å². The van der Waals surface area contributed by atoms with E-state index in [1.165, 1.54) is 20.7 Å². The van der Waals surface area contributed by atoms with Crippen molar-refractivity contribution >= 4 is 37.3 Å². The van der Waals surface area contributed by atoms with Crippen LogP contribution in [-0.4, -0.2) is 59.6 Å². The molecule has 0 spiro atoms. The summed E-state index contributed by atoms with van der Waals surface area (Å²) in [5.41, 5.74) is 2.12. The van der Waals surface area contributed by atoms with Crippen molar-refractivity contribution in [3.63, 3.8) is 0 Å². The number of sulfonamides is 2. The Kier molecular flexibility index (Phi) is 7.74. The first-order valence-electron chi connectivity index (χ1n) is 11.3. The predicted octanol–water partition coefficient (Wildman–Crippen LogP) is 2.93. The zero-order valence-electron chi connectivity index (χ0n) is 19.7. The highest BCUT2D eigenvalue weighted by Crippen LogP contribution is 2.22. The number of morpholine rings is 1. The number of nitrogens with one attached hydrogen (secondary N) is 1. The number of nitrogens with zero attached hydrogens (tertiary/aromatic N) is 2. The van der Waals surface area contributed by atoms with Gasteiger partial charge in [0, 0.05) is 24.3 Å². The number of ether oxygens (including phenoxy) is 1. The summed E-state index contributed by atoms with van der Waals surface area (Å²) in [6.45, 7) is 1.48. The summed E-state index contributed by atoms with van der Waals surface area (Å²) in [4.78, 5) is 12.9. The fourth-order valence-electron chi connectivity index (χ4n) is 3.77. The second-order valence-corrected chi connectivity index (χ2v) is 12.1. The number of amides is 1. The molecule has 1 N–H and O–H groups in total. The van der Waals surface area contributed by atoms with Crippen molar-refractivity contribution in [2.45, 2.75) is 11.4 Å². The number of carbonyl (C=O) groups excluding carboxylic acids is 1. The van der Waals surface area contributed by atoms with Crippen molar-refractivity contribution in [2.24, 2.45) is 0 Å². The average Bonchev–Trinajstić information content (AvgIpc) is 2.88. The second-order valence-electron chi connectivity index (χ2n) is 8.30. The summed E-state index contributed by atoms with van der Waals surface area (Å²) in [6.07, 6.45) is 1.15. The van der Waals surface area contributed by atoms with Gasteiger partial charge in [0.15, 0.2) is 0 Å². The first kappa shape index (κ1) is 25.8. The molecular weight excluding hydrogens is 502 g/mol. The third-order valence-corrected chi connectivity index (χ3v) is 8.76. The van der Waals surface area contributed by atoms with Crippen LogP contribution in [0.25, 0.3) is 0 Å². The molecule has 4 rings (SSSR count). The molecule has 0 radical (unpaired) electrons. The van der Waals surface area contributed by atoms with Crippen molar-refractivity contribution in [3.8, 4) is 0 Å². The summed E-state index contributed by atoms with van der Waals surface area (Å²) >= 11 is 0. The Morgan fingerprint density at radius 2 is 1.50 bits per heavy atom. The van der Waals surface area contributed by atoms with Gasteiger partial charge in [0.25, 0.3) is 5.91 Å². The Hall–Kier alpha value is -3.25. The molecule has 3 aromatic carbocycles. The van der Waals surface area contributed by atoms with Crippen LogP contribution in [0.2, 0.25) is 0 Å². The molecule has 9 nitrogen and oxygen atoms in total. The summed E-state index contributed by atoms with van der Waals surface area (Å²) in [7, 11) is -7.11. The van der Waals surface area contributed by atoms with E-state index in [-0.39, 0.29) is 17.3 Å². The Bertz CT molecular complexity index is 1400. The second kappa shape index (κ2) is 10.8. The molecule has 11 heteroatoms. The number of benzene rings is 3. The first-order chi connectivity index (χ1) is 17.1. The van der Waals surface area contributed by atoms with E-state index in [0.29, 0.717) is 43.2 Å². The van der Waals surface area contributed by atoms with Gasteiger partial charge in [0.1, 0.15) is 0 Å². The predicted molar refractivity (Wildman–Crippen MR) is 138 cm³/mol. The van der Waals surface area contributed by atoms with Crippen LogP contribution >= 0.6 is 0 Å². The van der Waals surface area contributed by atoms with E-state index in [9.17, 15) is 21.6 Å². The molecule has 3 aromatic rings. The van der Waals surface area contributed by atoms with Gasteiger partial charge in [-0.05, 0) is 54.1 Å². The van der Waals surface area contributed by atoms with Crippen molar-refractivity contribution in [2.75, 3.05) is 42.2 Å². The van der Waals surface area contributed by atoms with Crippen molar-refractivity contribution in [3.05, 3.63) is 90.0 Å². The van der Waals surface area contributed by atoms with E-state index in [4.69, 9.17) is 4.74 Å². The average molecular weight is 530 g/mol. The summed E-state index contributed by atoms with van der Waals surface area (Å²) in [5, 5.41) is 2.75. The summed E-state index contributed by atoms with van der Waals surface area (Å²) in [6, 6.07) is 21.5. The molecule has 36 heavy (non-hydrogen) atoms. The lowest BCUT2D eigenvalue weighted by molar-refractivity contribution is 0.0730. The van der Waals surface area contributed by atoms with Gasteiger partial charge in [-0.25, -0.2) is 16.8 Å². The van der Waals surface area contributed by atoms with E-state index in [1.54, 1.807) is 60.7 Å². The molecule has 190 valence electrons. The van der Waals surface area contributed by atoms with E-state index >= 15 is 0 Å². The number of rotatable bonds is 8. The highest BCUT2D eigenvalue weighted by Gasteiger charge is 2.26. The van der Waals surface area contributed by atoms with Gasteiger partial charge in [0.05, 0.1) is 36.6 Å². The zero-order chi connectivity index (χ0) is 25.8. The number of hydrogen-bond donors (Lipinski definition) is 1. The Morgan fingerprint density at radius 3 is 2.08 bits per heavy atom. The van der Waals surface area contributed by atoms with Crippen LogP contribution in [0.3, 0.4) is 0 Å². The van der Waals surface area contributed by atoms with Gasteiger partial charge in [-0.15, -0.1) is 0 Å². The molecule has 0 aromatic heterocycles. The van der Waals surface area contributed by atoms with Crippen LogP contribution < -0.4 is 9.62 Å². The fourth-order valence-corrected chi connectivity index (χ4v) is 6.07. The fraction of sp³-hybridized carbons (Fsp3) is 0.240. The lowest BCUT2D eigenvalue weighted by Gasteiger charge is -2.26. The van der Waals surface area contributed by atoms with E-state index < -0.39 is 20.0 Å². The van der Waals surface area contributed by atoms with Gasteiger partial charge < -0.3 is 10.1 Å². The van der Waals surface area contributed by atoms with E-state index in [2.05, 4.69) is 5.32 Å². The van der Waals surface area contributed by atoms with Crippen LogP contribution in [-0.2, 0) is 31.3 Å². The number of anilines is 2. The van der Waals surface area contributed by atoms with Crippen LogP contribution in [0.1, 0.15) is 15.9 Å². The number of hydrogen-bond acceptors (Lipinski definition) is 6. The van der Waals surface area contributed by atoms with Gasteiger partial charge in [-0.3, -0.25) is 9.10 Å². The maximum absolute atomic E-state index is 12.7. The highest BCUT2D eigenvalue weighted by molar-refractivity contribution is 7.92. The van der Waals surface area contributed by atoms with Crippen molar-refractivity contribution < 1.29 is 26.4 Å². The molecule has 1 heterocycles. The smallest absolute Gasteiger partial charge is 0.255 e. The van der Waals surface area contributed by atoms with Gasteiger partial charge in [-0.2, -0.15) is 4.31 Å². The van der Waals surface area contributed by atoms with Gasteiger partial charge in [-0.1, -0.05) is 30.3 Å². The summed E-state index contributed by atoms with van der Waals surface area (Å²) < 4.78 is 58.0. The Balaban J connectivity index is 1.42. The van der Waals surface area contributed by atoms with Crippen LogP contribution in [0.5, 0.6) is 0 Å². The van der Waals surface area contributed by atoms with Gasteiger partial charge >= 0.3 is 0 Å². The lowest BCUT2D eigenvalue weighted by atomic mass is 10.1. The topological polar surface area (TPSA) is 113 Å². The first-order valence-corrected chi connectivity index (χ1v) is 14.5. The molecular formula is C25H27N3O6S2. The molecule has 0 saturated carbocycles. The zero-order valence-corrected chi connectivity index (χ0v) is 21.3. The monoisotopic (exact) mass is 529 g/mol. The maximum Gasteiger partial charge on any atom is 0.255 e. The molecule has 0 bridgehead atoms. The van der Waals surface area contributed by atoms with Crippen molar-refractivity contribution in [1.29, 1.82) is 0 Å². The van der Waals surface area contributed by atoms with Crippen LogP contribution in [0.4, 0.5) is 11.4 Å². The standard InChI is InChI=1S/C25H27N3O6S2/c1-35(30,31)28(23-5-3-2-4-6-23)19-20-7-9-21(10-8-20)25(29)26-22-11-13-24(14-12-22)36(32,33)27-15-17-34-18-16-27/h2-14H,15-19H2,1H3,(H,26,29). The molecule has 1 aliphatic rings. The lowest BCUT2D eigenvalue weighted by Crippen LogP contribution is -2.40. The maximum atomic E-state index is 12.7. The normalized spacial score (nSPS) is 14.8. The van der Waals surface area contributed by atoms with E-state index in [0.717, 1.165) is 11.8 Å². The summed E-state index contributed by atoms with van der Waals surface area (Å²) in [5.74, 6) is -0.367. The minimum Gasteiger partial charge on any atom is -0.379 e. The highest BCUT2D eigenvalue weighted by atomic mass is 32.2. The van der Waals surface area contributed by atoms with Crippen molar-refractivity contribution in [1.82, 2.24) is 4.31 Å². The minimum atomic E-state index is -3.61. The van der Waals surface area contributed by atoms with Gasteiger partial charge in [0.2, 0.25) is 20.0 Å². The molecule has 0 atom stereocenters. The SMILES string of the molecule is CS(=O)(=O)N(Cc1ccc(C(=O)Nc2ccc(S(=O)(=O)N3CCOCC3)cc2)cc1)c1ccccc1.